The molecule has 4 aromatic heterocycles. The molecule has 0 saturated carbocycles. The lowest BCUT2D eigenvalue weighted by molar-refractivity contribution is -0.137. The summed E-state index contributed by atoms with van der Waals surface area (Å²) in [5.41, 5.74) is 7.89. The van der Waals surface area contributed by atoms with Crippen LogP contribution in [0.5, 0.6) is 0 Å². The normalized spacial score (nSPS) is 14.8. The van der Waals surface area contributed by atoms with Gasteiger partial charge in [-0.15, -0.1) is 0 Å². The molecule has 278 valence electrons. The Morgan fingerprint density at radius 2 is 1.31 bits per heavy atom. The average Bonchev–Trinajstić information content (AvgIpc) is 3.79. The molecule has 2 aliphatic rings. The van der Waals surface area contributed by atoms with E-state index in [2.05, 4.69) is 45.5 Å². The SMILES string of the molecule is Nc1cc(-c2cncc(F)c2)[nH]n1.O=C(CCCN1CCCCC1)Nc1cc(-c2cncc(F)c2)[nH]n1.O=C(O)CCCN1CCCCC1.[2H]CI. The van der Waals surface area contributed by atoms with Crippen molar-refractivity contribution in [2.75, 3.05) is 55.2 Å². The van der Waals surface area contributed by atoms with E-state index in [0.717, 1.165) is 51.4 Å². The van der Waals surface area contributed by atoms with Gasteiger partial charge in [-0.05, 0) is 94.8 Å². The summed E-state index contributed by atoms with van der Waals surface area (Å²) in [6, 6.07) is 6.03. The van der Waals surface area contributed by atoms with Crippen LogP contribution in [0.25, 0.3) is 22.5 Å². The molecule has 0 atom stereocenters. The number of pyridine rings is 2. The van der Waals surface area contributed by atoms with Gasteiger partial charge in [0, 0.05) is 49.9 Å². The number of aromatic amines is 2. The number of alkyl halides is 1. The first-order valence-electron chi connectivity index (χ1n) is 17.8. The molecule has 4 aromatic rings. The smallest absolute Gasteiger partial charge is 0.303 e. The molecule has 0 aliphatic carbocycles. The first kappa shape index (κ1) is 39.8. The molecular weight excluding hydrogens is 773 g/mol. The van der Waals surface area contributed by atoms with Crippen molar-refractivity contribution in [3.63, 3.8) is 0 Å². The van der Waals surface area contributed by atoms with Gasteiger partial charge < -0.3 is 26.0 Å². The molecule has 6 heterocycles. The number of nitrogen functional groups attached to an aromatic ring is 1. The van der Waals surface area contributed by atoms with Crippen LogP contribution in [0.2, 0.25) is 0 Å². The summed E-state index contributed by atoms with van der Waals surface area (Å²) in [5.74, 6) is -0.706. The van der Waals surface area contributed by atoms with Gasteiger partial charge in [-0.1, -0.05) is 35.4 Å². The van der Waals surface area contributed by atoms with Crippen LogP contribution in [-0.4, -0.2) is 101 Å². The highest BCUT2D eigenvalue weighted by Crippen LogP contribution is 2.20. The van der Waals surface area contributed by atoms with Crippen molar-refractivity contribution in [3.05, 3.63) is 60.7 Å². The van der Waals surface area contributed by atoms with Gasteiger partial charge in [0.05, 0.1) is 23.8 Å². The third kappa shape index (κ3) is 16.2. The van der Waals surface area contributed by atoms with Crippen LogP contribution >= 0.6 is 22.6 Å². The number of hydrogen-bond acceptors (Lipinski definition) is 9. The number of nitrogens with zero attached hydrogens (tertiary/aromatic N) is 6. The third-order valence-corrected chi connectivity index (χ3v) is 8.12. The van der Waals surface area contributed by atoms with Crippen LogP contribution in [0.4, 0.5) is 20.4 Å². The van der Waals surface area contributed by atoms with Crippen LogP contribution in [-0.2, 0) is 9.59 Å². The van der Waals surface area contributed by atoms with Crippen molar-refractivity contribution in [2.24, 2.45) is 0 Å². The molecule has 1 amide bonds. The number of carbonyl (C=O) groups excluding carboxylic acids is 1. The first-order valence-corrected chi connectivity index (χ1v) is 18.6. The lowest BCUT2D eigenvalue weighted by Gasteiger charge is -2.26. The second-order valence-electron chi connectivity index (χ2n) is 12.1. The number of piperidine rings is 2. The zero-order chi connectivity index (χ0) is 37.6. The number of hydrogen-bond donors (Lipinski definition) is 5. The summed E-state index contributed by atoms with van der Waals surface area (Å²) < 4.78 is 32.1. The Morgan fingerprint density at radius 3 is 1.78 bits per heavy atom. The van der Waals surface area contributed by atoms with Gasteiger partial charge in [-0.25, -0.2) is 8.78 Å². The van der Waals surface area contributed by atoms with E-state index in [-0.39, 0.29) is 11.7 Å². The largest absolute Gasteiger partial charge is 0.481 e. The number of carboxylic acid groups (broad SMARTS) is 1. The maximum absolute atomic E-state index is 13.2. The van der Waals surface area contributed by atoms with E-state index in [1.807, 2.05) is 22.6 Å². The van der Waals surface area contributed by atoms with Crippen molar-refractivity contribution in [1.82, 2.24) is 40.2 Å². The maximum atomic E-state index is 13.2. The lowest BCUT2D eigenvalue weighted by Crippen LogP contribution is -2.31. The Hall–Kier alpha value is -4.03. The van der Waals surface area contributed by atoms with Crippen molar-refractivity contribution >= 4 is 46.1 Å². The predicted octanol–water partition coefficient (Wildman–Crippen LogP) is 6.40. The standard InChI is InChI=1S/C17H22FN5O.C9H17NO2.C8H7FN4.CH3I/c18-14-9-13(11-19-12-14)15-10-16(22-21-15)20-17(24)5-4-8-23-6-2-1-3-7-23;11-9(12)5-4-8-10-6-2-1-3-7-10;9-6-1-5(3-11-4-6)7-2-8(10)13-12-7;1-2/h9-12H,1-8H2,(H2,20,21,22,24);1-8H2,(H,11,12);1-4H,(H3,10,12,13);1H3/i;;;1D. The highest BCUT2D eigenvalue weighted by molar-refractivity contribution is 14.1. The summed E-state index contributed by atoms with van der Waals surface area (Å²) >= 11 is 1.96. The molecule has 0 unspecified atom stereocenters. The molecule has 0 aromatic carbocycles. The number of carboxylic acids is 1. The summed E-state index contributed by atoms with van der Waals surface area (Å²) in [6.07, 6.45) is 15.6. The minimum atomic E-state index is -0.674. The fraction of sp³-hybridized carbons (Fsp3) is 0.486. The summed E-state index contributed by atoms with van der Waals surface area (Å²) in [4.78, 5) is 35.0. The van der Waals surface area contributed by atoms with E-state index in [9.17, 15) is 18.4 Å². The summed E-state index contributed by atoms with van der Waals surface area (Å²) in [7, 11) is 0. The quantitative estimate of drug-likeness (QED) is 0.0839. The molecule has 16 heteroatoms. The minimum absolute atomic E-state index is 0.0533. The molecule has 6 rings (SSSR count). The average molecular weight is 824 g/mol. The monoisotopic (exact) mass is 823 g/mol. The number of aliphatic carboxylic acids is 1. The molecule has 2 saturated heterocycles. The van der Waals surface area contributed by atoms with Gasteiger partial charge in [0.15, 0.2) is 5.82 Å². The fourth-order valence-electron chi connectivity index (χ4n) is 5.63. The topological polar surface area (TPSA) is 182 Å². The second kappa shape index (κ2) is 23.4. The second-order valence-corrected chi connectivity index (χ2v) is 12.1. The van der Waals surface area contributed by atoms with E-state index >= 15 is 0 Å². The lowest BCUT2D eigenvalue weighted by atomic mass is 10.1. The van der Waals surface area contributed by atoms with Crippen LogP contribution in [0.3, 0.4) is 0 Å². The number of nitrogens with two attached hydrogens (primary N) is 1. The Balaban J connectivity index is 0.000000220. The maximum Gasteiger partial charge on any atom is 0.303 e. The van der Waals surface area contributed by atoms with Crippen molar-refractivity contribution in [1.29, 1.82) is 0 Å². The number of aromatic nitrogens is 6. The zero-order valence-electron chi connectivity index (χ0n) is 29.8. The number of halogens is 3. The number of likely N-dealkylation sites (tertiary alicyclic amines) is 2. The van der Waals surface area contributed by atoms with Crippen LogP contribution in [0, 0.1) is 11.6 Å². The Bertz CT molecular complexity index is 1620. The van der Waals surface area contributed by atoms with Crippen molar-refractivity contribution in [2.45, 2.75) is 64.2 Å². The van der Waals surface area contributed by atoms with Crippen LogP contribution in [0.15, 0.2) is 49.1 Å². The third-order valence-electron chi connectivity index (χ3n) is 8.12. The van der Waals surface area contributed by atoms with Crippen molar-refractivity contribution < 1.29 is 24.8 Å². The van der Waals surface area contributed by atoms with Gasteiger partial charge in [-0.2, -0.15) is 10.2 Å². The molecule has 6 N–H and O–H groups in total. The van der Waals surface area contributed by atoms with E-state index in [1.54, 1.807) is 18.3 Å². The summed E-state index contributed by atoms with van der Waals surface area (Å²) in [6.45, 7) is 6.55. The Morgan fingerprint density at radius 1 is 0.824 bits per heavy atom. The number of nitrogens with one attached hydrogen (secondary N) is 3. The molecule has 51 heavy (non-hydrogen) atoms. The number of carbonyl (C=O) groups is 2. The molecule has 0 radical (unpaired) electrons. The van der Waals surface area contributed by atoms with Gasteiger partial charge in [-0.3, -0.25) is 29.8 Å². The molecule has 13 nitrogen and oxygen atoms in total. The van der Waals surface area contributed by atoms with E-state index in [4.69, 9.17) is 12.2 Å². The van der Waals surface area contributed by atoms with Crippen molar-refractivity contribution in [3.8, 4) is 22.5 Å². The van der Waals surface area contributed by atoms with Gasteiger partial charge in [0.25, 0.3) is 0 Å². The number of H-pyrrole nitrogens is 2. The predicted molar refractivity (Wildman–Crippen MR) is 203 cm³/mol. The minimum Gasteiger partial charge on any atom is -0.481 e. The first-order chi connectivity index (χ1) is 25.2. The molecule has 0 spiro atoms. The Labute approximate surface area is 312 Å². The number of anilines is 2. The van der Waals surface area contributed by atoms with Gasteiger partial charge in [0.2, 0.25) is 5.91 Å². The van der Waals surface area contributed by atoms with E-state index < -0.39 is 11.8 Å². The Kier molecular flexibility index (Phi) is 18.3. The van der Waals surface area contributed by atoms with Crippen LogP contribution in [0.1, 0.15) is 65.6 Å². The molecule has 0 bridgehead atoms. The summed E-state index contributed by atoms with van der Waals surface area (Å²) in [5, 5.41) is 24.4. The van der Waals surface area contributed by atoms with Gasteiger partial charge >= 0.3 is 5.97 Å². The van der Waals surface area contributed by atoms with E-state index in [0.29, 0.717) is 51.9 Å². The number of amides is 1. The fourth-order valence-corrected chi connectivity index (χ4v) is 5.63. The number of rotatable bonds is 11. The highest BCUT2D eigenvalue weighted by Gasteiger charge is 2.12. The molecule has 2 aliphatic heterocycles. The highest BCUT2D eigenvalue weighted by atomic mass is 127. The zero-order valence-corrected chi connectivity index (χ0v) is 31.0. The molecule has 2 fully saturated rings. The van der Waals surface area contributed by atoms with Crippen LogP contribution < -0.4 is 11.1 Å². The van der Waals surface area contributed by atoms with E-state index in [1.165, 1.54) is 69.9 Å². The molecular formula is C35H49F2IN10O3. The van der Waals surface area contributed by atoms with Gasteiger partial charge in [0.1, 0.15) is 17.5 Å².